The number of hydrogen-bond donors (Lipinski definition) is 4. The standard InChI is InChI=1S/C20H32N4O6/c1-13(8-11-30-15(3)26)12-18(27)22-10-5-7-17-20(29)23-16(19(28)24-17)6-4-9-21-14(2)25/h12,16-17H,4-11H2,1-3H3,(H,21,25)(H,22,27)(H,23,29)(H,24,28)/t16-,17-/m0/s1. The Morgan fingerprint density at radius 2 is 1.47 bits per heavy atom. The van der Waals surface area contributed by atoms with Crippen molar-refractivity contribution >= 4 is 29.6 Å². The lowest BCUT2D eigenvalue weighted by Crippen LogP contribution is -2.61. The minimum absolute atomic E-state index is 0.132. The first-order chi connectivity index (χ1) is 14.2. The molecule has 0 saturated carbocycles. The van der Waals surface area contributed by atoms with Gasteiger partial charge in [-0.3, -0.25) is 24.0 Å². The first kappa shape index (κ1) is 25.1. The zero-order chi connectivity index (χ0) is 22.5. The van der Waals surface area contributed by atoms with Crippen molar-refractivity contribution in [3.8, 4) is 0 Å². The highest BCUT2D eigenvalue weighted by molar-refractivity contribution is 5.96. The fourth-order valence-corrected chi connectivity index (χ4v) is 2.87. The number of carbonyl (C=O) groups excluding carboxylic acids is 5. The fourth-order valence-electron chi connectivity index (χ4n) is 2.87. The van der Waals surface area contributed by atoms with Crippen molar-refractivity contribution in [2.45, 2.75) is 65.0 Å². The predicted molar refractivity (Wildman–Crippen MR) is 109 cm³/mol. The Bertz CT molecular complexity index is 676. The highest BCUT2D eigenvalue weighted by atomic mass is 16.5. The Hall–Kier alpha value is -2.91. The van der Waals surface area contributed by atoms with E-state index in [2.05, 4.69) is 21.3 Å². The molecular formula is C20H32N4O6. The number of ether oxygens (including phenoxy) is 1. The van der Waals surface area contributed by atoms with Gasteiger partial charge in [0.2, 0.25) is 23.6 Å². The SMILES string of the molecule is CC(=O)NCCC[C@@H]1NC(=O)[C@H](CCCNC(=O)C=C(C)CCOC(C)=O)NC1=O. The van der Waals surface area contributed by atoms with Gasteiger partial charge in [-0.2, -0.15) is 0 Å². The highest BCUT2D eigenvalue weighted by Gasteiger charge is 2.32. The van der Waals surface area contributed by atoms with E-state index in [0.717, 1.165) is 5.57 Å². The number of amides is 4. The van der Waals surface area contributed by atoms with Crippen LogP contribution in [0.3, 0.4) is 0 Å². The molecular weight excluding hydrogens is 392 g/mol. The molecule has 1 aliphatic heterocycles. The van der Waals surface area contributed by atoms with E-state index in [1.54, 1.807) is 6.92 Å². The van der Waals surface area contributed by atoms with Crippen LogP contribution in [0.5, 0.6) is 0 Å². The van der Waals surface area contributed by atoms with Gasteiger partial charge < -0.3 is 26.0 Å². The topological polar surface area (TPSA) is 143 Å². The van der Waals surface area contributed by atoms with Crippen LogP contribution in [0.1, 0.15) is 52.9 Å². The van der Waals surface area contributed by atoms with Crippen molar-refractivity contribution in [2.24, 2.45) is 0 Å². The van der Waals surface area contributed by atoms with E-state index in [-0.39, 0.29) is 36.2 Å². The van der Waals surface area contributed by atoms with Crippen LogP contribution in [0, 0.1) is 0 Å². The Labute approximate surface area is 176 Å². The van der Waals surface area contributed by atoms with Gasteiger partial charge >= 0.3 is 5.97 Å². The van der Waals surface area contributed by atoms with Gasteiger partial charge in [0, 0.05) is 39.4 Å². The molecule has 0 unspecified atom stereocenters. The van der Waals surface area contributed by atoms with Gasteiger partial charge in [-0.05, 0) is 32.6 Å². The van der Waals surface area contributed by atoms with Crippen LogP contribution in [0.4, 0.5) is 0 Å². The zero-order valence-corrected chi connectivity index (χ0v) is 17.8. The summed E-state index contributed by atoms with van der Waals surface area (Å²) in [4.78, 5) is 57.7. The van der Waals surface area contributed by atoms with Gasteiger partial charge in [-0.1, -0.05) is 5.57 Å². The summed E-state index contributed by atoms with van der Waals surface area (Å²) in [5.74, 6) is -1.23. The lowest BCUT2D eigenvalue weighted by atomic mass is 10.0. The van der Waals surface area contributed by atoms with Gasteiger partial charge in [0.05, 0.1) is 6.61 Å². The average Bonchev–Trinajstić information content (AvgIpc) is 2.64. The van der Waals surface area contributed by atoms with Gasteiger partial charge in [-0.15, -0.1) is 0 Å². The quantitative estimate of drug-likeness (QED) is 0.192. The Balaban J connectivity index is 2.25. The number of carbonyl (C=O) groups is 5. The van der Waals surface area contributed by atoms with Crippen LogP contribution < -0.4 is 21.3 Å². The maximum atomic E-state index is 12.2. The van der Waals surface area contributed by atoms with Crippen LogP contribution in [0.2, 0.25) is 0 Å². The second kappa shape index (κ2) is 13.3. The number of piperazine rings is 1. The van der Waals surface area contributed by atoms with Crippen molar-refractivity contribution in [2.75, 3.05) is 19.7 Å². The number of nitrogens with one attached hydrogen (secondary N) is 4. The second-order valence-electron chi connectivity index (χ2n) is 7.26. The van der Waals surface area contributed by atoms with Gasteiger partial charge in [0.15, 0.2) is 0 Å². The van der Waals surface area contributed by atoms with Gasteiger partial charge in [0.25, 0.3) is 0 Å². The monoisotopic (exact) mass is 424 g/mol. The molecule has 10 heteroatoms. The summed E-state index contributed by atoms with van der Waals surface area (Å²) in [5.41, 5.74) is 0.789. The molecule has 30 heavy (non-hydrogen) atoms. The summed E-state index contributed by atoms with van der Waals surface area (Å²) in [6, 6.07) is -1.22. The summed E-state index contributed by atoms with van der Waals surface area (Å²) >= 11 is 0. The van der Waals surface area contributed by atoms with E-state index in [1.807, 2.05) is 0 Å². The minimum atomic E-state index is -0.623. The lowest BCUT2D eigenvalue weighted by molar-refractivity contribution is -0.140. The van der Waals surface area contributed by atoms with Gasteiger partial charge in [-0.25, -0.2) is 0 Å². The zero-order valence-electron chi connectivity index (χ0n) is 17.8. The third-order valence-electron chi connectivity index (χ3n) is 4.46. The number of rotatable bonds is 12. The van der Waals surface area contributed by atoms with E-state index in [4.69, 9.17) is 4.74 Å². The maximum absolute atomic E-state index is 12.2. The molecule has 10 nitrogen and oxygen atoms in total. The van der Waals surface area contributed by atoms with Gasteiger partial charge in [0.1, 0.15) is 12.1 Å². The van der Waals surface area contributed by atoms with E-state index in [1.165, 1.54) is 19.9 Å². The third kappa shape index (κ3) is 10.6. The summed E-state index contributed by atoms with van der Waals surface area (Å²) in [6.07, 6.45) is 3.90. The summed E-state index contributed by atoms with van der Waals surface area (Å²) in [6.45, 7) is 5.58. The van der Waals surface area contributed by atoms with E-state index < -0.39 is 12.1 Å². The molecule has 1 aliphatic rings. The van der Waals surface area contributed by atoms with Crippen LogP contribution in [-0.4, -0.2) is 61.4 Å². The minimum Gasteiger partial charge on any atom is -0.466 e. The molecule has 4 N–H and O–H groups in total. The van der Waals surface area contributed by atoms with E-state index in [0.29, 0.717) is 45.2 Å². The molecule has 0 aromatic rings. The number of hydrogen-bond acceptors (Lipinski definition) is 6. The second-order valence-corrected chi connectivity index (χ2v) is 7.26. The fraction of sp³-hybridized carbons (Fsp3) is 0.650. The smallest absolute Gasteiger partial charge is 0.302 e. The third-order valence-corrected chi connectivity index (χ3v) is 4.46. The van der Waals surface area contributed by atoms with Crippen molar-refractivity contribution in [1.29, 1.82) is 0 Å². The molecule has 1 fully saturated rings. The first-order valence-corrected chi connectivity index (χ1v) is 10.1. The maximum Gasteiger partial charge on any atom is 0.302 e. The molecule has 2 atom stereocenters. The van der Waals surface area contributed by atoms with Crippen LogP contribution in [0.15, 0.2) is 11.6 Å². The molecule has 1 heterocycles. The first-order valence-electron chi connectivity index (χ1n) is 10.1. The van der Waals surface area contributed by atoms with Crippen LogP contribution >= 0.6 is 0 Å². The summed E-state index contributed by atoms with van der Waals surface area (Å²) < 4.78 is 4.82. The molecule has 1 saturated heterocycles. The number of esters is 1. The molecule has 0 radical (unpaired) electrons. The normalized spacial score (nSPS) is 18.8. The lowest BCUT2D eigenvalue weighted by Gasteiger charge is -2.29. The summed E-state index contributed by atoms with van der Waals surface area (Å²) in [7, 11) is 0. The van der Waals surface area contributed by atoms with E-state index >= 15 is 0 Å². The largest absolute Gasteiger partial charge is 0.466 e. The molecule has 0 bridgehead atoms. The van der Waals surface area contributed by atoms with Crippen molar-refractivity contribution in [3.63, 3.8) is 0 Å². The van der Waals surface area contributed by atoms with Crippen LogP contribution in [-0.2, 0) is 28.7 Å². The van der Waals surface area contributed by atoms with Crippen molar-refractivity contribution in [3.05, 3.63) is 11.6 Å². The predicted octanol–water partition coefficient (Wildman–Crippen LogP) is -0.318. The Kier molecular flexibility index (Phi) is 11.2. The highest BCUT2D eigenvalue weighted by Crippen LogP contribution is 2.08. The summed E-state index contributed by atoms with van der Waals surface area (Å²) in [5, 5.41) is 10.8. The van der Waals surface area contributed by atoms with Crippen molar-refractivity contribution in [1.82, 2.24) is 21.3 Å². The molecule has 0 aliphatic carbocycles. The molecule has 1 rings (SSSR count). The Morgan fingerprint density at radius 1 is 0.933 bits per heavy atom. The van der Waals surface area contributed by atoms with Crippen LogP contribution in [0.25, 0.3) is 0 Å². The molecule has 0 aromatic carbocycles. The molecule has 0 aromatic heterocycles. The Morgan fingerprint density at radius 3 is 1.97 bits per heavy atom. The van der Waals surface area contributed by atoms with E-state index in [9.17, 15) is 24.0 Å². The van der Waals surface area contributed by atoms with Crippen molar-refractivity contribution < 1.29 is 28.7 Å². The average molecular weight is 424 g/mol. The molecule has 168 valence electrons. The molecule has 0 spiro atoms. The molecule has 4 amide bonds.